The number of rotatable bonds is 3. The second-order valence-corrected chi connectivity index (χ2v) is 6.08. The van der Waals surface area contributed by atoms with Gasteiger partial charge < -0.3 is 10.2 Å². The Hall–Kier alpha value is -2.83. The average Bonchev–Trinajstić information content (AvgIpc) is 3.30. The predicted octanol–water partition coefficient (Wildman–Crippen LogP) is 2.49. The molecule has 4 rings (SSSR count). The maximum Gasteiger partial charge on any atom is 0.318 e. The molecule has 24 heavy (non-hydrogen) atoms. The summed E-state index contributed by atoms with van der Waals surface area (Å²) in [5.41, 5.74) is 3.03. The number of aromatic nitrogens is 4. The van der Waals surface area contributed by atoms with E-state index in [1.807, 2.05) is 39.9 Å². The van der Waals surface area contributed by atoms with Gasteiger partial charge in [0.15, 0.2) is 0 Å². The van der Waals surface area contributed by atoms with Crippen LogP contribution in [0.25, 0.3) is 5.52 Å². The van der Waals surface area contributed by atoms with Crippen molar-refractivity contribution in [2.75, 3.05) is 6.54 Å². The molecule has 1 aliphatic heterocycles. The van der Waals surface area contributed by atoms with Crippen molar-refractivity contribution in [3.8, 4) is 0 Å². The number of hydrogen-bond acceptors (Lipinski definition) is 3. The van der Waals surface area contributed by atoms with Crippen LogP contribution in [-0.4, -0.2) is 37.3 Å². The predicted molar refractivity (Wildman–Crippen MR) is 89.3 cm³/mol. The van der Waals surface area contributed by atoms with Crippen LogP contribution in [0.5, 0.6) is 0 Å². The van der Waals surface area contributed by atoms with Crippen molar-refractivity contribution in [1.82, 2.24) is 30.0 Å². The number of piperidine rings is 1. The number of fused-ring (bicyclic) bond motifs is 1. The lowest BCUT2D eigenvalue weighted by atomic mass is 10.00. The highest BCUT2D eigenvalue weighted by molar-refractivity contribution is 5.75. The highest BCUT2D eigenvalue weighted by Gasteiger charge is 2.28. The number of nitrogens with one attached hydrogen (secondary N) is 2. The van der Waals surface area contributed by atoms with E-state index >= 15 is 0 Å². The summed E-state index contributed by atoms with van der Waals surface area (Å²) in [4.78, 5) is 14.6. The summed E-state index contributed by atoms with van der Waals surface area (Å²) in [5.74, 6) is 0. The lowest BCUT2D eigenvalue weighted by Crippen LogP contribution is -2.44. The zero-order valence-corrected chi connectivity index (χ0v) is 13.4. The minimum absolute atomic E-state index is 0.0374. The number of hydrogen-bond donors (Lipinski definition) is 2. The van der Waals surface area contributed by atoms with Crippen LogP contribution in [0.2, 0.25) is 0 Å². The first kappa shape index (κ1) is 14.7. The molecule has 1 saturated heterocycles. The summed E-state index contributed by atoms with van der Waals surface area (Å²) in [5, 5.41) is 14.4. The molecule has 3 aromatic rings. The van der Waals surface area contributed by atoms with Gasteiger partial charge in [-0.2, -0.15) is 10.2 Å². The number of pyridine rings is 1. The second-order valence-electron chi connectivity index (χ2n) is 6.08. The molecule has 0 unspecified atom stereocenters. The molecule has 0 aromatic carbocycles. The lowest BCUT2D eigenvalue weighted by Gasteiger charge is -2.35. The highest BCUT2D eigenvalue weighted by Crippen LogP contribution is 2.29. The third kappa shape index (κ3) is 2.73. The summed E-state index contributed by atoms with van der Waals surface area (Å²) in [6, 6.07) is 7.89. The van der Waals surface area contributed by atoms with Crippen molar-refractivity contribution in [3.05, 3.63) is 54.1 Å². The molecule has 0 bridgehead atoms. The maximum absolute atomic E-state index is 12.7. The molecule has 0 saturated carbocycles. The largest absolute Gasteiger partial charge is 0.334 e. The summed E-state index contributed by atoms with van der Waals surface area (Å²) in [6.45, 7) is 1.24. The maximum atomic E-state index is 12.7. The van der Waals surface area contributed by atoms with Crippen LogP contribution in [0.15, 0.2) is 42.9 Å². The van der Waals surface area contributed by atoms with Crippen LogP contribution in [-0.2, 0) is 6.54 Å². The summed E-state index contributed by atoms with van der Waals surface area (Å²) >= 11 is 0. The SMILES string of the molecule is O=C(NCc1cnn2ccccc12)N1CCCC[C@@H]1c1ccn[nH]1. The van der Waals surface area contributed by atoms with E-state index in [4.69, 9.17) is 0 Å². The van der Waals surface area contributed by atoms with Gasteiger partial charge in [-0.1, -0.05) is 6.07 Å². The van der Waals surface area contributed by atoms with E-state index in [1.54, 1.807) is 12.4 Å². The summed E-state index contributed by atoms with van der Waals surface area (Å²) in [6.07, 6.45) is 8.57. The Morgan fingerprint density at radius 3 is 3.17 bits per heavy atom. The molecule has 0 spiro atoms. The second kappa shape index (κ2) is 6.35. The normalized spacial score (nSPS) is 18.0. The molecule has 124 valence electrons. The number of nitrogens with zero attached hydrogens (tertiary/aromatic N) is 4. The standard InChI is InChI=1S/C17H20N6O/c24-17(18-11-13-12-20-23-10-4-2-5-15(13)23)22-9-3-1-6-16(22)14-7-8-19-21-14/h2,4-5,7-8,10,12,16H,1,3,6,9,11H2,(H,18,24)(H,19,21)/t16-/m1/s1. The van der Waals surface area contributed by atoms with Gasteiger partial charge in [0.1, 0.15) is 0 Å². The van der Waals surface area contributed by atoms with Crippen LogP contribution in [0.1, 0.15) is 36.6 Å². The Morgan fingerprint density at radius 1 is 1.33 bits per heavy atom. The van der Waals surface area contributed by atoms with Crippen LogP contribution in [0.3, 0.4) is 0 Å². The monoisotopic (exact) mass is 324 g/mol. The first-order chi connectivity index (χ1) is 11.8. The summed E-state index contributed by atoms with van der Waals surface area (Å²) < 4.78 is 1.82. The number of carbonyl (C=O) groups excluding carboxylic acids is 1. The smallest absolute Gasteiger partial charge is 0.318 e. The van der Waals surface area contributed by atoms with E-state index in [-0.39, 0.29) is 12.1 Å². The van der Waals surface area contributed by atoms with Crippen molar-refractivity contribution >= 4 is 11.5 Å². The summed E-state index contributed by atoms with van der Waals surface area (Å²) in [7, 11) is 0. The van der Waals surface area contributed by atoms with Crippen molar-refractivity contribution in [2.45, 2.75) is 31.8 Å². The molecule has 1 aliphatic rings. The molecular formula is C17H20N6O. The highest BCUT2D eigenvalue weighted by atomic mass is 16.2. The molecule has 4 heterocycles. The fourth-order valence-corrected chi connectivity index (χ4v) is 3.35. The van der Waals surface area contributed by atoms with E-state index in [0.717, 1.165) is 42.6 Å². The van der Waals surface area contributed by atoms with Crippen LogP contribution < -0.4 is 5.32 Å². The number of aromatic amines is 1. The first-order valence-corrected chi connectivity index (χ1v) is 8.28. The molecule has 7 heteroatoms. The molecule has 1 fully saturated rings. The molecule has 3 aromatic heterocycles. The molecular weight excluding hydrogens is 304 g/mol. The van der Waals surface area contributed by atoms with Gasteiger partial charge in [0, 0.05) is 31.0 Å². The number of H-pyrrole nitrogens is 1. The third-order valence-electron chi connectivity index (χ3n) is 4.58. The number of carbonyl (C=O) groups is 1. The average molecular weight is 324 g/mol. The Labute approximate surface area is 139 Å². The van der Waals surface area contributed by atoms with Gasteiger partial charge >= 0.3 is 6.03 Å². The van der Waals surface area contributed by atoms with Gasteiger partial charge in [-0.15, -0.1) is 0 Å². The van der Waals surface area contributed by atoms with Gasteiger partial charge in [0.25, 0.3) is 0 Å². The first-order valence-electron chi connectivity index (χ1n) is 8.28. The fraction of sp³-hybridized carbons (Fsp3) is 0.353. The molecule has 7 nitrogen and oxygen atoms in total. The van der Waals surface area contributed by atoms with Gasteiger partial charge in [-0.3, -0.25) is 5.10 Å². The Balaban J connectivity index is 1.47. The van der Waals surface area contributed by atoms with Crippen molar-refractivity contribution in [2.24, 2.45) is 0 Å². The zero-order valence-electron chi connectivity index (χ0n) is 13.4. The molecule has 1 atom stereocenters. The number of likely N-dealkylation sites (tertiary alicyclic amines) is 1. The zero-order chi connectivity index (χ0) is 16.4. The molecule has 2 amide bonds. The van der Waals surface area contributed by atoms with E-state index in [2.05, 4.69) is 20.6 Å². The van der Waals surface area contributed by atoms with Gasteiger partial charge in [0.05, 0.1) is 23.4 Å². The molecule has 0 aliphatic carbocycles. The van der Waals surface area contributed by atoms with E-state index in [1.165, 1.54) is 0 Å². The van der Waals surface area contributed by atoms with Crippen LogP contribution in [0, 0.1) is 0 Å². The number of amides is 2. The lowest BCUT2D eigenvalue weighted by molar-refractivity contribution is 0.149. The minimum atomic E-state index is -0.0374. The van der Waals surface area contributed by atoms with Crippen molar-refractivity contribution in [1.29, 1.82) is 0 Å². The fourth-order valence-electron chi connectivity index (χ4n) is 3.35. The minimum Gasteiger partial charge on any atom is -0.334 e. The van der Waals surface area contributed by atoms with Gasteiger partial charge in [-0.05, 0) is 37.5 Å². The Morgan fingerprint density at radius 2 is 2.29 bits per heavy atom. The Bertz CT molecular complexity index is 825. The topological polar surface area (TPSA) is 78.3 Å². The number of urea groups is 1. The third-order valence-corrected chi connectivity index (χ3v) is 4.58. The van der Waals surface area contributed by atoms with Crippen LogP contribution >= 0.6 is 0 Å². The quantitative estimate of drug-likeness (QED) is 0.777. The van der Waals surface area contributed by atoms with Crippen molar-refractivity contribution in [3.63, 3.8) is 0 Å². The molecule has 2 N–H and O–H groups in total. The van der Waals surface area contributed by atoms with E-state index in [0.29, 0.717) is 6.54 Å². The Kier molecular flexibility index (Phi) is 3.90. The van der Waals surface area contributed by atoms with E-state index in [9.17, 15) is 4.79 Å². The van der Waals surface area contributed by atoms with Crippen LogP contribution in [0.4, 0.5) is 4.79 Å². The van der Waals surface area contributed by atoms with Gasteiger partial charge in [-0.25, -0.2) is 9.31 Å². The van der Waals surface area contributed by atoms with Gasteiger partial charge in [0.2, 0.25) is 0 Å². The molecule has 0 radical (unpaired) electrons. The van der Waals surface area contributed by atoms with E-state index < -0.39 is 0 Å². The van der Waals surface area contributed by atoms with Crippen molar-refractivity contribution < 1.29 is 4.79 Å².